The lowest BCUT2D eigenvalue weighted by Crippen LogP contribution is -2.07. The fourth-order valence-corrected chi connectivity index (χ4v) is 1.55. The van der Waals surface area contributed by atoms with Crippen LogP contribution in [0.3, 0.4) is 0 Å². The first-order chi connectivity index (χ1) is 8.90. The molecule has 9 heteroatoms. The standard InChI is InChI=1S/C10H7ClN4O4/c1-5-7(11)4-14(13-5)9-8(15(18)19)2-6(3-12-9)10(16)17/h2-4H,1H3,(H,16,17). The number of carboxylic acids is 1. The van der Waals surface area contributed by atoms with Crippen molar-refractivity contribution in [3.8, 4) is 5.82 Å². The van der Waals surface area contributed by atoms with Crippen LogP contribution in [0.25, 0.3) is 5.82 Å². The SMILES string of the molecule is Cc1nn(-c2ncc(C(=O)O)cc2[N+](=O)[O-])cc1Cl. The van der Waals surface area contributed by atoms with Crippen molar-refractivity contribution in [2.24, 2.45) is 0 Å². The van der Waals surface area contributed by atoms with Gasteiger partial charge < -0.3 is 5.11 Å². The molecule has 0 aromatic carbocycles. The topological polar surface area (TPSA) is 111 Å². The number of nitrogens with zero attached hydrogens (tertiary/aromatic N) is 4. The molecule has 2 aromatic heterocycles. The van der Waals surface area contributed by atoms with Gasteiger partial charge in [0, 0.05) is 12.3 Å². The van der Waals surface area contributed by atoms with Crippen molar-refractivity contribution in [1.29, 1.82) is 0 Å². The molecular weight excluding hydrogens is 276 g/mol. The summed E-state index contributed by atoms with van der Waals surface area (Å²) in [7, 11) is 0. The Morgan fingerprint density at radius 2 is 2.26 bits per heavy atom. The molecule has 0 spiro atoms. The van der Waals surface area contributed by atoms with Gasteiger partial charge in [-0.25, -0.2) is 14.5 Å². The molecule has 0 radical (unpaired) electrons. The predicted octanol–water partition coefficient (Wildman–Crippen LogP) is 1.84. The Morgan fingerprint density at radius 3 is 2.74 bits per heavy atom. The smallest absolute Gasteiger partial charge is 0.337 e. The number of aryl methyl sites for hydroxylation is 1. The number of carboxylic acid groups (broad SMARTS) is 1. The maximum Gasteiger partial charge on any atom is 0.337 e. The van der Waals surface area contributed by atoms with E-state index in [1.54, 1.807) is 6.92 Å². The van der Waals surface area contributed by atoms with E-state index in [4.69, 9.17) is 16.7 Å². The van der Waals surface area contributed by atoms with Gasteiger partial charge in [0.1, 0.15) is 0 Å². The molecule has 8 nitrogen and oxygen atoms in total. The van der Waals surface area contributed by atoms with E-state index in [-0.39, 0.29) is 11.4 Å². The predicted molar refractivity (Wildman–Crippen MR) is 64.7 cm³/mol. The molecule has 1 N–H and O–H groups in total. The van der Waals surface area contributed by atoms with E-state index in [1.807, 2.05) is 0 Å². The molecule has 0 aliphatic heterocycles. The molecule has 0 saturated heterocycles. The number of hydrogen-bond acceptors (Lipinski definition) is 5. The van der Waals surface area contributed by atoms with Gasteiger partial charge in [-0.1, -0.05) is 11.6 Å². The number of pyridine rings is 1. The molecule has 2 rings (SSSR count). The van der Waals surface area contributed by atoms with Gasteiger partial charge >= 0.3 is 11.7 Å². The zero-order valence-corrected chi connectivity index (χ0v) is 10.3. The Bertz CT molecular complexity index is 663. The van der Waals surface area contributed by atoms with Gasteiger partial charge in [0.05, 0.1) is 27.4 Å². The van der Waals surface area contributed by atoms with E-state index in [1.165, 1.54) is 6.20 Å². The fourth-order valence-electron chi connectivity index (χ4n) is 1.42. The number of rotatable bonds is 3. The summed E-state index contributed by atoms with van der Waals surface area (Å²) in [4.78, 5) is 24.8. The van der Waals surface area contributed by atoms with Gasteiger partial charge in [-0.15, -0.1) is 0 Å². The average molecular weight is 283 g/mol. The Balaban J connectivity index is 2.63. The van der Waals surface area contributed by atoms with E-state index in [0.717, 1.165) is 16.9 Å². The highest BCUT2D eigenvalue weighted by molar-refractivity contribution is 6.31. The number of hydrogen-bond donors (Lipinski definition) is 1. The maximum atomic E-state index is 11.0. The minimum atomic E-state index is -1.29. The summed E-state index contributed by atoms with van der Waals surface area (Å²) in [5.41, 5.74) is -0.246. The summed E-state index contributed by atoms with van der Waals surface area (Å²) in [5, 5.41) is 24.1. The van der Waals surface area contributed by atoms with E-state index in [9.17, 15) is 14.9 Å². The lowest BCUT2D eigenvalue weighted by atomic mass is 10.2. The lowest BCUT2D eigenvalue weighted by molar-refractivity contribution is -0.385. The molecule has 0 fully saturated rings. The number of nitro groups is 1. The van der Waals surface area contributed by atoms with E-state index < -0.39 is 16.6 Å². The minimum Gasteiger partial charge on any atom is -0.478 e. The Morgan fingerprint density at radius 1 is 1.58 bits per heavy atom. The first-order valence-corrected chi connectivity index (χ1v) is 5.38. The van der Waals surface area contributed by atoms with Crippen LogP contribution in [-0.2, 0) is 0 Å². The van der Waals surface area contributed by atoms with Crippen LogP contribution >= 0.6 is 11.6 Å². The third kappa shape index (κ3) is 2.38. The first-order valence-electron chi connectivity index (χ1n) is 5.00. The van der Waals surface area contributed by atoms with Crippen molar-refractivity contribution in [2.75, 3.05) is 0 Å². The Labute approximate surface area is 111 Å². The van der Waals surface area contributed by atoms with Crippen LogP contribution in [0.5, 0.6) is 0 Å². The van der Waals surface area contributed by atoms with Crippen molar-refractivity contribution in [3.63, 3.8) is 0 Å². The molecule has 0 aliphatic rings. The highest BCUT2D eigenvalue weighted by atomic mass is 35.5. The molecule has 19 heavy (non-hydrogen) atoms. The molecule has 2 aromatic rings. The molecule has 98 valence electrons. The van der Waals surface area contributed by atoms with Crippen LogP contribution in [0, 0.1) is 17.0 Å². The molecule has 0 unspecified atom stereocenters. The zero-order chi connectivity index (χ0) is 14.2. The van der Waals surface area contributed by atoms with Crippen LogP contribution in [0.15, 0.2) is 18.5 Å². The summed E-state index contributed by atoms with van der Waals surface area (Å²) in [5.74, 6) is -1.39. The Hall–Kier alpha value is -2.48. The summed E-state index contributed by atoms with van der Waals surface area (Å²) >= 11 is 5.82. The molecule has 0 saturated carbocycles. The molecule has 0 bridgehead atoms. The summed E-state index contributed by atoms with van der Waals surface area (Å²) in [6.45, 7) is 1.64. The van der Waals surface area contributed by atoms with Crippen molar-refractivity contribution >= 4 is 23.3 Å². The second-order valence-electron chi connectivity index (χ2n) is 3.64. The van der Waals surface area contributed by atoms with Crippen LogP contribution in [0.4, 0.5) is 5.69 Å². The third-order valence-corrected chi connectivity index (χ3v) is 2.72. The monoisotopic (exact) mass is 282 g/mol. The molecule has 2 heterocycles. The minimum absolute atomic E-state index is 0.0926. The number of carbonyl (C=O) groups is 1. The van der Waals surface area contributed by atoms with Gasteiger partial charge in [-0.05, 0) is 6.92 Å². The van der Waals surface area contributed by atoms with Gasteiger partial charge in [-0.3, -0.25) is 10.1 Å². The molecule has 0 atom stereocenters. The quantitative estimate of drug-likeness (QED) is 0.679. The summed E-state index contributed by atoms with van der Waals surface area (Å²) in [6.07, 6.45) is 2.39. The van der Waals surface area contributed by atoms with Crippen LogP contribution in [-0.4, -0.2) is 30.8 Å². The van der Waals surface area contributed by atoms with Crippen molar-refractivity contribution < 1.29 is 14.8 Å². The van der Waals surface area contributed by atoms with Crippen LogP contribution in [0.2, 0.25) is 5.02 Å². The van der Waals surface area contributed by atoms with Gasteiger partial charge in [0.15, 0.2) is 0 Å². The summed E-state index contributed by atoms with van der Waals surface area (Å²) < 4.78 is 1.14. The lowest BCUT2D eigenvalue weighted by Gasteiger charge is -2.02. The van der Waals surface area contributed by atoms with Crippen molar-refractivity contribution in [3.05, 3.63) is 44.9 Å². The third-order valence-electron chi connectivity index (χ3n) is 2.35. The molecule has 0 aliphatic carbocycles. The van der Waals surface area contributed by atoms with Crippen LogP contribution < -0.4 is 0 Å². The second-order valence-corrected chi connectivity index (χ2v) is 4.04. The maximum absolute atomic E-state index is 11.0. The van der Waals surface area contributed by atoms with Gasteiger partial charge in [0.2, 0.25) is 5.82 Å². The average Bonchev–Trinajstić information content (AvgIpc) is 2.68. The first kappa shape index (κ1) is 13.0. The van der Waals surface area contributed by atoms with Crippen molar-refractivity contribution in [2.45, 2.75) is 6.92 Å². The van der Waals surface area contributed by atoms with E-state index >= 15 is 0 Å². The zero-order valence-electron chi connectivity index (χ0n) is 9.57. The molecular formula is C10H7ClN4O4. The highest BCUT2D eigenvalue weighted by Crippen LogP contribution is 2.23. The van der Waals surface area contributed by atoms with E-state index in [2.05, 4.69) is 10.1 Å². The van der Waals surface area contributed by atoms with E-state index in [0.29, 0.717) is 10.7 Å². The number of aromatic nitrogens is 3. The van der Waals surface area contributed by atoms with Gasteiger partial charge in [0.25, 0.3) is 0 Å². The second kappa shape index (κ2) is 4.65. The van der Waals surface area contributed by atoms with Crippen LogP contribution in [0.1, 0.15) is 16.1 Å². The largest absolute Gasteiger partial charge is 0.478 e. The number of halogens is 1. The highest BCUT2D eigenvalue weighted by Gasteiger charge is 2.21. The normalized spacial score (nSPS) is 10.4. The fraction of sp³-hybridized carbons (Fsp3) is 0.100. The van der Waals surface area contributed by atoms with Crippen molar-refractivity contribution in [1.82, 2.24) is 14.8 Å². The summed E-state index contributed by atoms with van der Waals surface area (Å²) in [6, 6.07) is 0.926. The number of aromatic carboxylic acids is 1. The molecule has 0 amide bonds. The van der Waals surface area contributed by atoms with Gasteiger partial charge in [-0.2, -0.15) is 5.10 Å². The Kier molecular flexibility index (Phi) is 3.17.